The van der Waals surface area contributed by atoms with Gasteiger partial charge in [-0.2, -0.15) is 0 Å². The highest BCUT2D eigenvalue weighted by molar-refractivity contribution is 6.26. The Bertz CT molecular complexity index is 2270. The molecular formula is C50H64O14. The van der Waals surface area contributed by atoms with Crippen LogP contribution in [0.4, 0.5) is 0 Å². The van der Waals surface area contributed by atoms with Crippen molar-refractivity contribution in [3.8, 4) is 11.5 Å². The first-order valence-electron chi connectivity index (χ1n) is 22.4. The molecule has 2 bridgehead atoms. The molecule has 1 saturated carbocycles. The molecule has 4 aliphatic carbocycles. The zero-order chi connectivity index (χ0) is 47.0. The first-order chi connectivity index (χ1) is 30.0. The Morgan fingerprint density at radius 2 is 1.62 bits per heavy atom. The minimum atomic E-state index is -1.80. The molecular weight excluding hydrogens is 825 g/mol. The van der Waals surface area contributed by atoms with Crippen LogP contribution in [-0.2, 0) is 33.3 Å². The van der Waals surface area contributed by atoms with Gasteiger partial charge >= 0.3 is 17.9 Å². The second-order valence-electron chi connectivity index (χ2n) is 19.6. The lowest BCUT2D eigenvalue weighted by molar-refractivity contribution is -0.311. The number of fused-ring (bicyclic) bond motifs is 4. The van der Waals surface area contributed by atoms with Gasteiger partial charge in [-0.3, -0.25) is 4.79 Å². The molecule has 14 nitrogen and oxygen atoms in total. The zero-order valence-corrected chi connectivity index (χ0v) is 38.7. The van der Waals surface area contributed by atoms with Gasteiger partial charge in [0.2, 0.25) is 5.78 Å². The van der Waals surface area contributed by atoms with E-state index in [-0.39, 0.29) is 35.0 Å². The van der Waals surface area contributed by atoms with Gasteiger partial charge in [-0.25, -0.2) is 14.4 Å². The SMILES string of the molecule is COc1cc(C)c(C(=O)O[C@H]2[C@@H](O)[C@H](O[C@H]3CC[C@H](C)[C@@H]4[C@@H]3C=C(C)[C@H]3/C(C)=C/CC/C(C)=C/[C@]5(C)C=C(C(=O)O)[C@H](C)C[C@]56OC(=O)C(=C(O)[C@@]43C)C6=O)O[C@H](C)[C@H]2O)c(OC)c1. The van der Waals surface area contributed by atoms with Crippen molar-refractivity contribution in [3.63, 3.8) is 0 Å². The van der Waals surface area contributed by atoms with Crippen LogP contribution in [0, 0.1) is 47.3 Å². The number of carbonyl (C=O) groups excluding carboxylic acids is 3. The number of rotatable bonds is 7. The molecule has 0 amide bonds. The summed E-state index contributed by atoms with van der Waals surface area (Å²) in [4.78, 5) is 55.8. The Hall–Kier alpha value is -4.76. The summed E-state index contributed by atoms with van der Waals surface area (Å²) in [6, 6.07) is 3.19. The van der Waals surface area contributed by atoms with Crippen molar-refractivity contribution in [3.05, 3.63) is 81.2 Å². The maximum Gasteiger partial charge on any atom is 0.346 e. The summed E-state index contributed by atoms with van der Waals surface area (Å²) in [5, 5.41) is 46.2. The van der Waals surface area contributed by atoms with Crippen LogP contribution in [0.15, 0.2) is 70.1 Å². The summed E-state index contributed by atoms with van der Waals surface area (Å²) < 4.78 is 35.7. The molecule has 6 aliphatic rings. The van der Waals surface area contributed by atoms with Crippen molar-refractivity contribution in [2.24, 2.45) is 40.4 Å². The van der Waals surface area contributed by atoms with Crippen LogP contribution < -0.4 is 9.47 Å². The number of hydrogen-bond acceptors (Lipinski definition) is 13. The lowest BCUT2D eigenvalue weighted by Crippen LogP contribution is -2.60. The third kappa shape index (κ3) is 7.51. The molecule has 1 aromatic rings. The van der Waals surface area contributed by atoms with Crippen molar-refractivity contribution in [1.29, 1.82) is 0 Å². The molecule has 4 N–H and O–H groups in total. The number of allylic oxidation sites excluding steroid dienone is 5. The van der Waals surface area contributed by atoms with Crippen LogP contribution >= 0.6 is 0 Å². The van der Waals surface area contributed by atoms with E-state index in [1.165, 1.54) is 20.3 Å². The van der Waals surface area contributed by atoms with Crippen molar-refractivity contribution >= 4 is 23.7 Å². The number of ether oxygens (including phenoxy) is 6. The number of hydrogen-bond donors (Lipinski definition) is 4. The van der Waals surface area contributed by atoms with Gasteiger partial charge in [0.05, 0.1) is 31.8 Å². The third-order valence-electron chi connectivity index (χ3n) is 15.3. The van der Waals surface area contributed by atoms with Gasteiger partial charge in [0.1, 0.15) is 40.6 Å². The van der Waals surface area contributed by atoms with E-state index in [9.17, 15) is 34.8 Å². The van der Waals surface area contributed by atoms with Crippen LogP contribution in [0.3, 0.4) is 0 Å². The number of aliphatic hydroxyl groups excluding tert-OH is 3. The summed E-state index contributed by atoms with van der Waals surface area (Å²) in [7, 11) is 2.90. The number of benzene rings is 1. The topological polar surface area (TPSA) is 205 Å². The number of carboxylic acids is 1. The van der Waals surface area contributed by atoms with Crippen molar-refractivity contribution in [2.45, 2.75) is 137 Å². The number of esters is 2. The minimum absolute atomic E-state index is 0.0753. The number of aryl methyl sites for hydroxylation is 1. The molecule has 14 heteroatoms. The summed E-state index contributed by atoms with van der Waals surface area (Å²) in [6.07, 6.45) is 2.52. The standard InChI is InChI=1S/C50H64O14/c1-23-13-12-14-24(2)37-27(5)18-31-33(62-47-40(52)41(39(51)29(7)61-47)63-45(57)35-26(4)17-30(59-10)19-34(35)60-11)16-15-25(3)38(31)49(37,9)42(53)36-43(54)50(64-46(36)58)21-28(6)32(44(55)56)22-48(50,8)20-23/h14,17-20,22,25,28-29,31,33,37-41,47,51-53H,12-13,15-16,21H2,1-11H3,(H,55,56)/b23-20+,24-14+,42-36?/t25-,28+,29+,31+,33-,37+,38+,39+,40+,41+,47-,48+,49+,50+/m0/s1. The number of carboxylic acid groups (broad SMARTS) is 1. The van der Waals surface area contributed by atoms with Crippen LogP contribution in [0.2, 0.25) is 0 Å². The molecule has 1 aromatic carbocycles. The number of methoxy groups -OCH3 is 2. The van der Waals surface area contributed by atoms with E-state index in [1.54, 1.807) is 39.8 Å². The number of aliphatic hydroxyl groups is 3. The molecule has 64 heavy (non-hydrogen) atoms. The highest BCUT2D eigenvalue weighted by atomic mass is 16.7. The van der Waals surface area contributed by atoms with Crippen LogP contribution in [0.1, 0.15) is 103 Å². The van der Waals surface area contributed by atoms with Gasteiger partial charge in [0.15, 0.2) is 18.0 Å². The van der Waals surface area contributed by atoms with E-state index in [2.05, 4.69) is 19.1 Å². The van der Waals surface area contributed by atoms with Crippen LogP contribution in [0.5, 0.6) is 11.5 Å². The van der Waals surface area contributed by atoms with Crippen molar-refractivity contribution < 1.29 is 68.0 Å². The fraction of sp³-hybridized carbons (Fsp3) is 0.600. The second kappa shape index (κ2) is 17.2. The van der Waals surface area contributed by atoms with Gasteiger partial charge in [0.25, 0.3) is 0 Å². The number of ketones is 1. The van der Waals surface area contributed by atoms with Crippen molar-refractivity contribution in [1.82, 2.24) is 0 Å². The van der Waals surface area contributed by atoms with E-state index in [0.717, 1.165) is 16.7 Å². The number of aliphatic carboxylic acids is 1. The minimum Gasteiger partial charge on any atom is -0.511 e. The summed E-state index contributed by atoms with van der Waals surface area (Å²) in [5.41, 5.74) is -1.37. The monoisotopic (exact) mass is 888 g/mol. The maximum atomic E-state index is 15.2. The molecule has 0 unspecified atom stereocenters. The molecule has 1 spiro atoms. The molecule has 0 aromatic heterocycles. The van der Waals surface area contributed by atoms with E-state index in [1.807, 2.05) is 33.8 Å². The average Bonchev–Trinajstić information content (AvgIpc) is 3.47. The van der Waals surface area contributed by atoms with E-state index in [4.69, 9.17) is 28.4 Å². The second-order valence-corrected chi connectivity index (χ2v) is 19.6. The summed E-state index contributed by atoms with van der Waals surface area (Å²) in [5.74, 6) is -5.32. The Morgan fingerprint density at radius 3 is 2.28 bits per heavy atom. The zero-order valence-electron chi connectivity index (χ0n) is 38.7. The fourth-order valence-electron chi connectivity index (χ4n) is 12.3. The number of carbonyl (C=O) groups is 4. The Labute approximate surface area is 375 Å². The van der Waals surface area contributed by atoms with Crippen molar-refractivity contribution in [2.75, 3.05) is 14.2 Å². The molecule has 7 rings (SSSR count). The first kappa shape index (κ1) is 47.2. The largest absolute Gasteiger partial charge is 0.511 e. The van der Waals surface area contributed by atoms with Gasteiger partial charge < -0.3 is 48.8 Å². The quantitative estimate of drug-likeness (QED) is 0.123. The lowest BCUT2D eigenvalue weighted by atomic mass is 9.49. The fourth-order valence-corrected chi connectivity index (χ4v) is 12.3. The molecule has 0 radical (unpaired) electrons. The maximum absolute atomic E-state index is 15.2. The van der Waals surface area contributed by atoms with E-state index >= 15 is 4.79 Å². The predicted molar refractivity (Wildman–Crippen MR) is 233 cm³/mol. The Kier molecular flexibility index (Phi) is 12.7. The average molecular weight is 889 g/mol. The van der Waals surface area contributed by atoms with Gasteiger partial charge in [-0.1, -0.05) is 61.8 Å². The van der Waals surface area contributed by atoms with Crippen LogP contribution in [-0.4, -0.2) is 101 Å². The predicted octanol–water partition coefficient (Wildman–Crippen LogP) is 7.05. The van der Waals surface area contributed by atoms with E-state index in [0.29, 0.717) is 37.0 Å². The third-order valence-corrected chi connectivity index (χ3v) is 15.3. The number of Topliss-reactive ketones (excluding diaryl/α,β-unsaturated/α-hetero) is 1. The highest BCUT2D eigenvalue weighted by Crippen LogP contribution is 2.62. The molecule has 3 fully saturated rings. The lowest BCUT2D eigenvalue weighted by Gasteiger charge is -2.56. The van der Waals surface area contributed by atoms with Gasteiger partial charge in [0, 0.05) is 35.3 Å². The Morgan fingerprint density at radius 1 is 0.922 bits per heavy atom. The molecule has 2 saturated heterocycles. The Balaban J connectivity index is 1.28. The highest BCUT2D eigenvalue weighted by Gasteiger charge is 2.67. The van der Waals surface area contributed by atoms with E-state index < -0.39 is 106 Å². The molecule has 14 atom stereocenters. The first-order valence-corrected chi connectivity index (χ1v) is 22.4. The van der Waals surface area contributed by atoms with Gasteiger partial charge in [-0.15, -0.1) is 0 Å². The molecule has 2 aliphatic heterocycles. The summed E-state index contributed by atoms with van der Waals surface area (Å²) >= 11 is 0. The summed E-state index contributed by atoms with van der Waals surface area (Å²) in [6.45, 7) is 16.6. The molecule has 2 heterocycles. The van der Waals surface area contributed by atoms with Crippen LogP contribution in [0.25, 0.3) is 0 Å². The smallest absolute Gasteiger partial charge is 0.346 e. The molecule has 348 valence electrons. The van der Waals surface area contributed by atoms with Gasteiger partial charge in [-0.05, 0) is 96.6 Å². The normalized spacial score (nSPS) is 40.5.